The van der Waals surface area contributed by atoms with E-state index in [1.54, 1.807) is 13.8 Å². The van der Waals surface area contributed by atoms with Gasteiger partial charge in [0.15, 0.2) is 5.82 Å². The van der Waals surface area contributed by atoms with Crippen LogP contribution in [0.3, 0.4) is 0 Å². The molecule has 38 heavy (non-hydrogen) atoms. The fourth-order valence-electron chi connectivity index (χ4n) is 3.33. The molecule has 1 heterocycles. The molecule has 0 bridgehead atoms. The number of aromatic nitrogens is 2. The Hall–Kier alpha value is -4.80. The molecule has 11 nitrogen and oxygen atoms in total. The SMILES string of the molecule is CC(C)OC(=O)OCCOC(=O)CC(=O)c1ncc(C(=O)NC(c2ccccc2)c2ccccc2)c(=O)[nH]1. The standard InChI is InChI=1S/C27H27N3O8/c1-17(2)38-27(35)37-14-13-36-22(32)15-21(31)24-28-16-20(26(34)30-24)25(33)29-23(18-9-5-3-6-10-18)19-11-7-4-8-12-19/h3-12,16-17,23H,13-15H2,1-2H3,(H,29,33)(H,28,30,34). The minimum atomic E-state index is -0.908. The Bertz CT molecular complexity index is 1280. The fourth-order valence-corrected chi connectivity index (χ4v) is 3.33. The number of hydrogen-bond acceptors (Lipinski definition) is 9. The molecule has 0 spiro atoms. The van der Waals surface area contributed by atoms with Crippen molar-refractivity contribution >= 4 is 23.8 Å². The molecule has 11 heteroatoms. The van der Waals surface area contributed by atoms with Crippen LogP contribution < -0.4 is 10.9 Å². The molecule has 0 saturated heterocycles. The summed E-state index contributed by atoms with van der Waals surface area (Å²) >= 11 is 0. The van der Waals surface area contributed by atoms with Gasteiger partial charge in [0.25, 0.3) is 11.5 Å². The van der Waals surface area contributed by atoms with Crippen molar-refractivity contribution in [2.75, 3.05) is 13.2 Å². The maximum Gasteiger partial charge on any atom is 0.508 e. The van der Waals surface area contributed by atoms with Gasteiger partial charge in [-0.3, -0.25) is 19.2 Å². The van der Waals surface area contributed by atoms with E-state index in [9.17, 15) is 24.0 Å². The first-order valence-electron chi connectivity index (χ1n) is 11.8. The number of ether oxygens (including phenoxy) is 3. The fraction of sp³-hybridized carbons (Fsp3) is 0.259. The van der Waals surface area contributed by atoms with Crippen LogP contribution in [-0.4, -0.2) is 53.1 Å². The number of Topliss-reactive ketones (excluding diaryl/α,β-unsaturated/α-hetero) is 1. The van der Waals surface area contributed by atoms with Crippen LogP contribution in [0.4, 0.5) is 4.79 Å². The molecule has 2 aromatic carbocycles. The summed E-state index contributed by atoms with van der Waals surface area (Å²) in [5.41, 5.74) is 0.477. The van der Waals surface area contributed by atoms with E-state index in [0.717, 1.165) is 17.3 Å². The van der Waals surface area contributed by atoms with Crippen molar-refractivity contribution in [1.29, 1.82) is 0 Å². The molecule has 198 valence electrons. The van der Waals surface area contributed by atoms with E-state index < -0.39 is 47.7 Å². The zero-order valence-electron chi connectivity index (χ0n) is 20.8. The number of ketones is 1. The summed E-state index contributed by atoms with van der Waals surface area (Å²) in [7, 11) is 0. The van der Waals surface area contributed by atoms with Gasteiger partial charge < -0.3 is 24.5 Å². The number of nitrogens with one attached hydrogen (secondary N) is 2. The number of hydrogen-bond donors (Lipinski definition) is 2. The lowest BCUT2D eigenvalue weighted by Gasteiger charge is -2.19. The third-order valence-corrected chi connectivity index (χ3v) is 5.05. The van der Waals surface area contributed by atoms with Crippen LogP contribution in [-0.2, 0) is 19.0 Å². The largest absolute Gasteiger partial charge is 0.508 e. The molecule has 0 saturated carbocycles. The molecule has 0 aliphatic heterocycles. The van der Waals surface area contributed by atoms with Crippen LogP contribution in [0, 0.1) is 0 Å². The van der Waals surface area contributed by atoms with Gasteiger partial charge in [-0.2, -0.15) is 0 Å². The van der Waals surface area contributed by atoms with Gasteiger partial charge in [-0.1, -0.05) is 60.7 Å². The normalized spacial score (nSPS) is 10.6. The highest BCUT2D eigenvalue weighted by molar-refractivity contribution is 6.04. The highest BCUT2D eigenvalue weighted by Crippen LogP contribution is 2.22. The van der Waals surface area contributed by atoms with Crippen molar-refractivity contribution in [3.05, 3.63) is 99.7 Å². The number of esters is 1. The lowest BCUT2D eigenvalue weighted by atomic mass is 9.98. The Morgan fingerprint density at radius 1 is 0.895 bits per heavy atom. The van der Waals surface area contributed by atoms with Gasteiger partial charge in [-0.25, -0.2) is 9.78 Å². The molecule has 1 amide bonds. The Balaban J connectivity index is 1.60. The van der Waals surface area contributed by atoms with E-state index in [1.807, 2.05) is 60.7 Å². The first-order chi connectivity index (χ1) is 18.2. The van der Waals surface area contributed by atoms with Crippen LogP contribution in [0.25, 0.3) is 0 Å². The van der Waals surface area contributed by atoms with Crippen LogP contribution >= 0.6 is 0 Å². The number of benzene rings is 2. The molecule has 0 radical (unpaired) electrons. The smallest absolute Gasteiger partial charge is 0.462 e. The molecule has 3 rings (SSSR count). The first kappa shape index (κ1) is 27.8. The average Bonchev–Trinajstić information content (AvgIpc) is 2.90. The molecule has 0 atom stereocenters. The van der Waals surface area contributed by atoms with Gasteiger partial charge in [-0.15, -0.1) is 0 Å². The monoisotopic (exact) mass is 521 g/mol. The van der Waals surface area contributed by atoms with Crippen LogP contribution in [0.1, 0.15) is 58.4 Å². The number of carbonyl (C=O) groups is 4. The molecule has 0 fully saturated rings. The molecule has 0 aliphatic carbocycles. The van der Waals surface area contributed by atoms with Gasteiger partial charge in [-0.05, 0) is 25.0 Å². The lowest BCUT2D eigenvalue weighted by molar-refractivity contribution is -0.143. The van der Waals surface area contributed by atoms with E-state index >= 15 is 0 Å². The van der Waals surface area contributed by atoms with Gasteiger partial charge >= 0.3 is 12.1 Å². The predicted octanol–water partition coefficient (Wildman–Crippen LogP) is 2.97. The number of amides is 1. The minimum absolute atomic E-state index is 0.253. The first-order valence-corrected chi connectivity index (χ1v) is 11.8. The predicted molar refractivity (Wildman–Crippen MR) is 135 cm³/mol. The van der Waals surface area contributed by atoms with Crippen LogP contribution in [0.2, 0.25) is 0 Å². The molecule has 0 aliphatic rings. The van der Waals surface area contributed by atoms with E-state index in [0.29, 0.717) is 0 Å². The van der Waals surface area contributed by atoms with Crippen LogP contribution in [0.5, 0.6) is 0 Å². The van der Waals surface area contributed by atoms with Gasteiger partial charge in [0, 0.05) is 6.20 Å². The lowest BCUT2D eigenvalue weighted by Crippen LogP contribution is -2.34. The third kappa shape index (κ3) is 8.12. The van der Waals surface area contributed by atoms with Crippen LogP contribution in [0.15, 0.2) is 71.7 Å². The summed E-state index contributed by atoms with van der Waals surface area (Å²) < 4.78 is 14.3. The summed E-state index contributed by atoms with van der Waals surface area (Å²) in [6, 6.07) is 17.9. The second-order valence-corrected chi connectivity index (χ2v) is 8.29. The van der Waals surface area contributed by atoms with E-state index in [4.69, 9.17) is 14.2 Å². The Kier molecular flexibility index (Phi) is 9.86. The van der Waals surface area contributed by atoms with Gasteiger partial charge in [0.2, 0.25) is 5.78 Å². The molecular formula is C27H27N3O8. The van der Waals surface area contributed by atoms with E-state index in [2.05, 4.69) is 15.3 Å². The van der Waals surface area contributed by atoms with Gasteiger partial charge in [0.05, 0.1) is 12.1 Å². The Morgan fingerprint density at radius 2 is 1.47 bits per heavy atom. The maximum atomic E-state index is 13.0. The quantitative estimate of drug-likeness (QED) is 0.168. The summed E-state index contributed by atoms with van der Waals surface area (Å²) in [4.78, 5) is 67.2. The summed E-state index contributed by atoms with van der Waals surface area (Å²) in [6.45, 7) is 2.76. The van der Waals surface area contributed by atoms with Crippen molar-refractivity contribution in [3.63, 3.8) is 0 Å². The maximum absolute atomic E-state index is 13.0. The van der Waals surface area contributed by atoms with Crippen molar-refractivity contribution in [1.82, 2.24) is 15.3 Å². The number of carbonyl (C=O) groups excluding carboxylic acids is 4. The third-order valence-electron chi connectivity index (χ3n) is 5.05. The highest BCUT2D eigenvalue weighted by atomic mass is 16.7. The number of nitrogens with zero attached hydrogens (tertiary/aromatic N) is 1. The Labute approximate surface area is 218 Å². The number of aromatic amines is 1. The minimum Gasteiger partial charge on any atom is -0.462 e. The van der Waals surface area contributed by atoms with Crippen molar-refractivity contribution in [2.45, 2.75) is 32.4 Å². The molecule has 0 unspecified atom stereocenters. The number of H-pyrrole nitrogens is 1. The van der Waals surface area contributed by atoms with E-state index in [1.165, 1.54) is 0 Å². The highest BCUT2D eigenvalue weighted by Gasteiger charge is 2.22. The summed E-state index contributed by atoms with van der Waals surface area (Å²) in [6.07, 6.45) is -0.996. The molecule has 3 aromatic rings. The van der Waals surface area contributed by atoms with Crippen molar-refractivity contribution < 1.29 is 33.4 Å². The van der Waals surface area contributed by atoms with Gasteiger partial charge in [0.1, 0.15) is 25.2 Å². The molecule has 2 N–H and O–H groups in total. The van der Waals surface area contributed by atoms with Crippen molar-refractivity contribution in [2.24, 2.45) is 0 Å². The topological polar surface area (TPSA) is 154 Å². The second-order valence-electron chi connectivity index (χ2n) is 8.29. The summed E-state index contributed by atoms with van der Waals surface area (Å²) in [5, 5.41) is 2.83. The summed E-state index contributed by atoms with van der Waals surface area (Å²) in [5.74, 6) is -2.81. The Morgan fingerprint density at radius 3 is 2.03 bits per heavy atom. The zero-order valence-corrected chi connectivity index (χ0v) is 20.8. The van der Waals surface area contributed by atoms with Crippen molar-refractivity contribution in [3.8, 4) is 0 Å². The number of rotatable bonds is 11. The zero-order chi connectivity index (χ0) is 27.5. The molecule has 1 aromatic heterocycles. The van der Waals surface area contributed by atoms with E-state index in [-0.39, 0.29) is 24.9 Å². The second kappa shape index (κ2) is 13.5. The molecular weight excluding hydrogens is 494 g/mol. The average molecular weight is 522 g/mol.